The number of rotatable bonds is 4. The molecule has 0 spiro atoms. The fraction of sp³-hybridized carbons (Fsp3) is 0.471. The number of thiophene rings is 1. The van der Waals surface area contributed by atoms with Crippen LogP contribution in [0, 0.1) is 18.3 Å². The Morgan fingerprint density at radius 3 is 3.25 bits per heavy atom. The summed E-state index contributed by atoms with van der Waals surface area (Å²) in [6.45, 7) is 4.53. The first-order chi connectivity index (χ1) is 11.6. The van der Waals surface area contributed by atoms with Gasteiger partial charge in [0.15, 0.2) is 5.82 Å². The van der Waals surface area contributed by atoms with Gasteiger partial charge in [-0.05, 0) is 24.4 Å². The molecular formula is C17H19N3O3S. The maximum Gasteiger partial charge on any atom is 0.246 e. The van der Waals surface area contributed by atoms with Crippen LogP contribution in [-0.2, 0) is 16.0 Å². The summed E-state index contributed by atoms with van der Waals surface area (Å²) in [4.78, 5) is 19.8. The van der Waals surface area contributed by atoms with Gasteiger partial charge in [0.2, 0.25) is 11.8 Å². The van der Waals surface area contributed by atoms with Crippen molar-refractivity contribution in [2.45, 2.75) is 13.3 Å². The van der Waals surface area contributed by atoms with E-state index in [9.17, 15) is 4.79 Å². The van der Waals surface area contributed by atoms with Gasteiger partial charge in [-0.2, -0.15) is 4.98 Å². The smallest absolute Gasteiger partial charge is 0.246 e. The number of hydrogen-bond acceptors (Lipinski definition) is 6. The van der Waals surface area contributed by atoms with E-state index in [1.165, 1.54) is 0 Å². The van der Waals surface area contributed by atoms with Gasteiger partial charge in [-0.3, -0.25) is 4.79 Å². The van der Waals surface area contributed by atoms with Crippen LogP contribution in [0.2, 0.25) is 0 Å². The summed E-state index contributed by atoms with van der Waals surface area (Å²) in [5.41, 5.74) is -0.106. The highest BCUT2D eigenvalue weighted by molar-refractivity contribution is 7.10. The van der Waals surface area contributed by atoms with Crippen molar-refractivity contribution >= 4 is 23.3 Å². The number of carbonyl (C=O) groups is 1. The number of likely N-dealkylation sites (tertiary alicyclic amines) is 1. The van der Waals surface area contributed by atoms with Gasteiger partial charge >= 0.3 is 0 Å². The maximum atomic E-state index is 12.5. The van der Waals surface area contributed by atoms with Gasteiger partial charge in [0.05, 0.1) is 13.2 Å². The SMILES string of the molecule is Cc1noc(C[C@]23COC[C@H]2CN(C(=O)/C=C/c2cccs2)C3)n1. The standard InChI is InChI=1S/C17H19N3O3S/c1-12-18-15(23-19-12)7-17-10-20(8-13(17)9-22-11-17)16(21)5-4-14-3-2-6-24-14/h2-6,13H,7-11H2,1H3/b5-4+/t13-,17+/m1/s1. The highest BCUT2D eigenvalue weighted by Crippen LogP contribution is 2.43. The molecule has 1 amide bonds. The summed E-state index contributed by atoms with van der Waals surface area (Å²) in [5.74, 6) is 1.65. The number of hydrogen-bond donors (Lipinski definition) is 0. The summed E-state index contributed by atoms with van der Waals surface area (Å²) in [7, 11) is 0. The molecule has 0 saturated carbocycles. The fourth-order valence-electron chi connectivity index (χ4n) is 3.61. The molecule has 0 aliphatic carbocycles. The minimum atomic E-state index is -0.106. The number of carbonyl (C=O) groups excluding carboxylic acids is 1. The molecule has 0 N–H and O–H groups in total. The lowest BCUT2D eigenvalue weighted by Gasteiger charge is -2.24. The van der Waals surface area contributed by atoms with E-state index >= 15 is 0 Å². The van der Waals surface area contributed by atoms with Crippen LogP contribution in [0.4, 0.5) is 0 Å². The van der Waals surface area contributed by atoms with E-state index in [1.807, 2.05) is 35.4 Å². The van der Waals surface area contributed by atoms with E-state index < -0.39 is 0 Å². The van der Waals surface area contributed by atoms with E-state index in [0.717, 1.165) is 11.4 Å². The molecule has 0 bridgehead atoms. The van der Waals surface area contributed by atoms with E-state index in [-0.39, 0.29) is 11.3 Å². The van der Waals surface area contributed by atoms with Gasteiger partial charge in [-0.15, -0.1) is 11.3 Å². The third-order valence-corrected chi connectivity index (χ3v) is 5.68. The van der Waals surface area contributed by atoms with Gasteiger partial charge in [-0.1, -0.05) is 11.2 Å². The lowest BCUT2D eigenvalue weighted by molar-refractivity contribution is -0.125. The van der Waals surface area contributed by atoms with E-state index in [2.05, 4.69) is 10.1 Å². The van der Waals surface area contributed by atoms with Crippen LogP contribution in [0.1, 0.15) is 16.6 Å². The Labute approximate surface area is 144 Å². The number of nitrogens with zero attached hydrogens (tertiary/aromatic N) is 3. The second-order valence-electron chi connectivity index (χ2n) is 6.55. The fourth-order valence-corrected chi connectivity index (χ4v) is 4.23. The largest absolute Gasteiger partial charge is 0.380 e. The molecule has 24 heavy (non-hydrogen) atoms. The van der Waals surface area contributed by atoms with Crippen LogP contribution in [0.5, 0.6) is 0 Å². The molecule has 2 atom stereocenters. The zero-order chi connectivity index (χ0) is 16.6. The Balaban J connectivity index is 1.47. The Morgan fingerprint density at radius 2 is 2.50 bits per heavy atom. The molecule has 0 aromatic carbocycles. The van der Waals surface area contributed by atoms with Gasteiger partial charge in [-0.25, -0.2) is 0 Å². The predicted molar refractivity (Wildman–Crippen MR) is 89.4 cm³/mol. The molecule has 0 unspecified atom stereocenters. The summed E-state index contributed by atoms with van der Waals surface area (Å²) < 4.78 is 11.0. The third-order valence-electron chi connectivity index (χ3n) is 4.84. The van der Waals surface area contributed by atoms with Gasteiger partial charge in [0, 0.05) is 41.8 Å². The van der Waals surface area contributed by atoms with Crippen LogP contribution in [0.15, 0.2) is 28.1 Å². The van der Waals surface area contributed by atoms with Crippen LogP contribution in [-0.4, -0.2) is 47.3 Å². The second kappa shape index (κ2) is 6.14. The Morgan fingerprint density at radius 1 is 1.58 bits per heavy atom. The number of fused-ring (bicyclic) bond motifs is 1. The molecule has 6 nitrogen and oxygen atoms in total. The second-order valence-corrected chi connectivity index (χ2v) is 7.53. The van der Waals surface area contributed by atoms with Crippen molar-refractivity contribution in [3.8, 4) is 0 Å². The maximum absolute atomic E-state index is 12.5. The summed E-state index contributed by atoms with van der Waals surface area (Å²) in [5, 5.41) is 5.87. The number of amides is 1. The molecule has 2 aliphatic rings. The van der Waals surface area contributed by atoms with Crippen molar-refractivity contribution in [2.24, 2.45) is 11.3 Å². The topological polar surface area (TPSA) is 68.5 Å². The average Bonchev–Trinajstić information content (AvgIpc) is 3.29. The molecule has 2 saturated heterocycles. The first-order valence-corrected chi connectivity index (χ1v) is 8.90. The molecule has 7 heteroatoms. The number of ether oxygens (including phenoxy) is 1. The Kier molecular flexibility index (Phi) is 3.97. The minimum absolute atomic E-state index is 0.0545. The highest BCUT2D eigenvalue weighted by atomic mass is 32.1. The molecule has 2 aliphatic heterocycles. The summed E-state index contributed by atoms with van der Waals surface area (Å²) in [6, 6.07) is 3.98. The first-order valence-electron chi connectivity index (χ1n) is 8.02. The van der Waals surface area contributed by atoms with Crippen molar-refractivity contribution in [1.29, 1.82) is 0 Å². The molecule has 4 rings (SSSR count). The quantitative estimate of drug-likeness (QED) is 0.795. The summed E-state index contributed by atoms with van der Waals surface area (Å²) in [6.07, 6.45) is 4.21. The molecule has 2 aromatic rings. The van der Waals surface area contributed by atoms with E-state index in [0.29, 0.717) is 43.8 Å². The van der Waals surface area contributed by atoms with Crippen LogP contribution >= 0.6 is 11.3 Å². The van der Waals surface area contributed by atoms with Crippen molar-refractivity contribution in [1.82, 2.24) is 15.0 Å². The lowest BCUT2D eigenvalue weighted by Crippen LogP contribution is -2.34. The molecular weight excluding hydrogens is 326 g/mol. The number of aryl methyl sites for hydroxylation is 1. The molecule has 4 heterocycles. The monoisotopic (exact) mass is 345 g/mol. The lowest BCUT2D eigenvalue weighted by atomic mass is 9.78. The van der Waals surface area contributed by atoms with Crippen molar-refractivity contribution in [3.63, 3.8) is 0 Å². The van der Waals surface area contributed by atoms with Crippen molar-refractivity contribution < 1.29 is 14.1 Å². The molecule has 2 fully saturated rings. The minimum Gasteiger partial charge on any atom is -0.380 e. The Bertz CT molecular complexity index is 755. The van der Waals surface area contributed by atoms with Gasteiger partial charge in [0.25, 0.3) is 0 Å². The first kappa shape index (κ1) is 15.5. The van der Waals surface area contributed by atoms with Crippen LogP contribution in [0.3, 0.4) is 0 Å². The van der Waals surface area contributed by atoms with Crippen LogP contribution in [0.25, 0.3) is 6.08 Å². The normalized spacial score (nSPS) is 26.4. The van der Waals surface area contributed by atoms with Crippen molar-refractivity contribution in [2.75, 3.05) is 26.3 Å². The van der Waals surface area contributed by atoms with Crippen molar-refractivity contribution in [3.05, 3.63) is 40.2 Å². The van der Waals surface area contributed by atoms with Gasteiger partial charge < -0.3 is 14.2 Å². The Hall–Kier alpha value is -1.99. The molecule has 0 radical (unpaired) electrons. The highest BCUT2D eigenvalue weighted by Gasteiger charge is 2.52. The van der Waals surface area contributed by atoms with E-state index in [4.69, 9.17) is 9.26 Å². The average molecular weight is 345 g/mol. The van der Waals surface area contributed by atoms with Crippen LogP contribution < -0.4 is 0 Å². The molecule has 126 valence electrons. The predicted octanol–water partition coefficient (Wildman–Crippen LogP) is 2.17. The third kappa shape index (κ3) is 2.89. The zero-order valence-electron chi connectivity index (χ0n) is 13.5. The van der Waals surface area contributed by atoms with Gasteiger partial charge in [0.1, 0.15) is 0 Å². The van der Waals surface area contributed by atoms with E-state index in [1.54, 1.807) is 17.4 Å². The molecule has 2 aromatic heterocycles. The summed E-state index contributed by atoms with van der Waals surface area (Å²) >= 11 is 1.62. The zero-order valence-corrected chi connectivity index (χ0v) is 14.3. The number of aromatic nitrogens is 2.